The number of nitrogens with one attached hydrogen (secondary N) is 1. The number of benzene rings is 2. The van der Waals surface area contributed by atoms with Gasteiger partial charge in [-0.1, -0.05) is 12.1 Å². The molecule has 0 unspecified atom stereocenters. The Bertz CT molecular complexity index is 778. The van der Waals surface area contributed by atoms with Gasteiger partial charge in [-0.05, 0) is 66.6 Å². The summed E-state index contributed by atoms with van der Waals surface area (Å²) in [5, 5.41) is 3.18. The van der Waals surface area contributed by atoms with Crippen molar-refractivity contribution in [2.24, 2.45) is 10.7 Å². The second-order valence-corrected chi connectivity index (χ2v) is 6.17. The van der Waals surface area contributed by atoms with Gasteiger partial charge in [-0.3, -0.25) is 4.99 Å². The lowest BCUT2D eigenvalue weighted by Crippen LogP contribution is -2.23. The number of aryl methyl sites for hydroxylation is 2. The normalized spacial score (nSPS) is 12.9. The number of fused-ring (bicyclic) bond motifs is 1. The van der Waals surface area contributed by atoms with Gasteiger partial charge in [-0.25, -0.2) is 0 Å². The highest BCUT2D eigenvalue weighted by Crippen LogP contribution is 2.27. The lowest BCUT2D eigenvalue weighted by molar-refractivity contribution is 0.354. The van der Waals surface area contributed by atoms with Crippen LogP contribution in [0.3, 0.4) is 0 Å². The van der Waals surface area contributed by atoms with Crippen molar-refractivity contribution in [2.45, 2.75) is 25.7 Å². The molecule has 140 valence electrons. The van der Waals surface area contributed by atoms with E-state index < -0.39 is 0 Å². The molecule has 0 radical (unpaired) electrons. The molecule has 3 rings (SSSR count). The van der Waals surface area contributed by atoms with Gasteiger partial charge < -0.3 is 20.5 Å². The molecule has 0 heterocycles. The highest BCUT2D eigenvalue weighted by Gasteiger charge is 2.10. The summed E-state index contributed by atoms with van der Waals surface area (Å²) in [6, 6.07) is 12.3. The Morgan fingerprint density at radius 1 is 1.04 bits per heavy atom. The second kappa shape index (κ2) is 9.66. The van der Waals surface area contributed by atoms with Crippen molar-refractivity contribution in [2.75, 3.05) is 26.1 Å². The summed E-state index contributed by atoms with van der Waals surface area (Å²) in [6.45, 7) is 0.610. The molecule has 3 N–H and O–H groups in total. The van der Waals surface area contributed by atoms with Crippen molar-refractivity contribution in [1.82, 2.24) is 0 Å². The number of guanidine groups is 1. The van der Waals surface area contributed by atoms with E-state index in [0.29, 0.717) is 12.5 Å². The minimum atomic E-state index is 0. The fourth-order valence-electron chi connectivity index (χ4n) is 3.18. The van der Waals surface area contributed by atoms with Crippen molar-refractivity contribution in [3.63, 3.8) is 0 Å². The lowest BCUT2D eigenvalue weighted by Gasteiger charge is -2.10. The molecule has 2 aromatic carbocycles. The number of anilines is 1. The smallest absolute Gasteiger partial charge is 0.193 e. The van der Waals surface area contributed by atoms with Crippen molar-refractivity contribution >= 4 is 35.6 Å². The predicted molar refractivity (Wildman–Crippen MR) is 117 cm³/mol. The number of nitrogens with two attached hydrogens (primary N) is 1. The Kier molecular flexibility index (Phi) is 7.56. The van der Waals surface area contributed by atoms with Gasteiger partial charge in [0.25, 0.3) is 0 Å². The molecule has 0 saturated carbocycles. The number of halogens is 1. The summed E-state index contributed by atoms with van der Waals surface area (Å²) in [4.78, 5) is 4.42. The highest BCUT2D eigenvalue weighted by atomic mass is 127. The topological polar surface area (TPSA) is 68.9 Å². The van der Waals surface area contributed by atoms with Crippen molar-refractivity contribution in [1.29, 1.82) is 0 Å². The van der Waals surface area contributed by atoms with Gasteiger partial charge >= 0.3 is 0 Å². The Hall–Kier alpha value is -1.96. The van der Waals surface area contributed by atoms with Crippen LogP contribution in [0.25, 0.3) is 0 Å². The monoisotopic (exact) mass is 467 g/mol. The molecule has 0 aliphatic heterocycles. The zero-order valence-electron chi connectivity index (χ0n) is 15.2. The number of aliphatic imine (C=N–C) groups is 1. The molecule has 0 spiro atoms. The first-order valence-electron chi connectivity index (χ1n) is 8.59. The molecular weight excluding hydrogens is 441 g/mol. The first-order valence-corrected chi connectivity index (χ1v) is 8.59. The van der Waals surface area contributed by atoms with E-state index in [0.717, 1.165) is 35.6 Å². The van der Waals surface area contributed by atoms with E-state index in [-0.39, 0.29) is 24.0 Å². The predicted octanol–water partition coefficient (Wildman–Crippen LogP) is 3.78. The zero-order chi connectivity index (χ0) is 17.6. The number of methoxy groups -OCH3 is 2. The van der Waals surface area contributed by atoms with Crippen LogP contribution < -0.4 is 20.5 Å². The largest absolute Gasteiger partial charge is 0.493 e. The van der Waals surface area contributed by atoms with E-state index >= 15 is 0 Å². The summed E-state index contributed by atoms with van der Waals surface area (Å²) < 4.78 is 10.6. The van der Waals surface area contributed by atoms with Crippen LogP contribution in [0.15, 0.2) is 41.4 Å². The van der Waals surface area contributed by atoms with Crippen molar-refractivity contribution in [3.8, 4) is 11.5 Å². The Morgan fingerprint density at radius 3 is 2.58 bits per heavy atom. The Labute approximate surface area is 172 Å². The maximum Gasteiger partial charge on any atom is 0.193 e. The maximum absolute atomic E-state index is 6.01. The standard InChI is InChI=1S/C20H25N3O2.HI/c1-24-18-9-6-14(12-19(18)25-2)10-11-22-20(21)23-17-8-7-15-4-3-5-16(15)13-17;/h6-9,12-13H,3-5,10-11H2,1-2H3,(H3,21,22,23);1H. The van der Waals surface area contributed by atoms with E-state index in [1.165, 1.54) is 24.0 Å². The summed E-state index contributed by atoms with van der Waals surface area (Å²) >= 11 is 0. The molecule has 26 heavy (non-hydrogen) atoms. The van der Waals surface area contributed by atoms with Crippen LogP contribution in [0, 0.1) is 0 Å². The summed E-state index contributed by atoms with van der Waals surface area (Å²) in [7, 11) is 3.27. The number of ether oxygens (including phenoxy) is 2. The molecule has 0 atom stereocenters. The van der Waals surface area contributed by atoms with Gasteiger partial charge in [0.05, 0.1) is 14.2 Å². The number of hydrogen-bond acceptors (Lipinski definition) is 3. The third-order valence-electron chi connectivity index (χ3n) is 4.50. The quantitative estimate of drug-likeness (QED) is 0.386. The SMILES string of the molecule is COc1ccc(CCN=C(N)Nc2ccc3c(c2)CCC3)cc1OC.I. The van der Waals surface area contributed by atoms with Gasteiger partial charge in [-0.15, -0.1) is 24.0 Å². The van der Waals surface area contributed by atoms with Crippen LogP contribution in [-0.2, 0) is 19.3 Å². The molecule has 0 bridgehead atoms. The van der Waals surface area contributed by atoms with Gasteiger partial charge in [0, 0.05) is 12.2 Å². The van der Waals surface area contributed by atoms with E-state index in [9.17, 15) is 0 Å². The van der Waals surface area contributed by atoms with Gasteiger partial charge in [0.15, 0.2) is 17.5 Å². The molecule has 5 nitrogen and oxygen atoms in total. The second-order valence-electron chi connectivity index (χ2n) is 6.17. The van der Waals surface area contributed by atoms with Crippen molar-refractivity contribution in [3.05, 3.63) is 53.1 Å². The van der Waals surface area contributed by atoms with Crippen LogP contribution in [0.5, 0.6) is 11.5 Å². The summed E-state index contributed by atoms with van der Waals surface area (Å²) in [5.74, 6) is 1.90. The van der Waals surface area contributed by atoms with Crippen LogP contribution in [0.1, 0.15) is 23.1 Å². The van der Waals surface area contributed by atoms with Crippen LogP contribution in [0.4, 0.5) is 5.69 Å². The number of rotatable bonds is 6. The maximum atomic E-state index is 6.01. The Balaban J connectivity index is 0.00000243. The van der Waals surface area contributed by atoms with E-state index in [1.807, 2.05) is 18.2 Å². The third-order valence-corrected chi connectivity index (χ3v) is 4.50. The van der Waals surface area contributed by atoms with Crippen molar-refractivity contribution < 1.29 is 9.47 Å². The van der Waals surface area contributed by atoms with Gasteiger partial charge in [0.2, 0.25) is 0 Å². The molecular formula is C20H26IN3O2. The minimum absolute atomic E-state index is 0. The average molecular weight is 467 g/mol. The van der Waals surface area contributed by atoms with Crippen LogP contribution in [0.2, 0.25) is 0 Å². The Morgan fingerprint density at radius 2 is 1.81 bits per heavy atom. The van der Waals surface area contributed by atoms with E-state index in [2.05, 4.69) is 28.5 Å². The molecule has 2 aromatic rings. The van der Waals surface area contributed by atoms with E-state index in [4.69, 9.17) is 15.2 Å². The summed E-state index contributed by atoms with van der Waals surface area (Å²) in [5.41, 5.74) is 11.0. The molecule has 0 aromatic heterocycles. The number of nitrogens with zero attached hydrogens (tertiary/aromatic N) is 1. The molecule has 0 amide bonds. The fourth-order valence-corrected chi connectivity index (χ4v) is 3.18. The molecule has 1 aliphatic rings. The molecule has 6 heteroatoms. The molecule has 1 aliphatic carbocycles. The molecule has 0 fully saturated rings. The zero-order valence-corrected chi connectivity index (χ0v) is 17.6. The van der Waals surface area contributed by atoms with Gasteiger partial charge in [-0.2, -0.15) is 0 Å². The minimum Gasteiger partial charge on any atom is -0.493 e. The first kappa shape index (κ1) is 20.4. The van der Waals surface area contributed by atoms with Gasteiger partial charge in [0.1, 0.15) is 0 Å². The highest BCUT2D eigenvalue weighted by molar-refractivity contribution is 14.0. The van der Waals surface area contributed by atoms with Crippen LogP contribution >= 0.6 is 24.0 Å². The third kappa shape index (κ3) is 5.03. The van der Waals surface area contributed by atoms with E-state index in [1.54, 1.807) is 14.2 Å². The fraction of sp³-hybridized carbons (Fsp3) is 0.350. The molecule has 0 saturated heterocycles. The first-order chi connectivity index (χ1) is 12.2. The van der Waals surface area contributed by atoms with Crippen LogP contribution in [-0.4, -0.2) is 26.7 Å². The average Bonchev–Trinajstić information content (AvgIpc) is 3.09. The lowest BCUT2D eigenvalue weighted by atomic mass is 10.1. The number of hydrogen-bond donors (Lipinski definition) is 2. The summed E-state index contributed by atoms with van der Waals surface area (Å²) in [6.07, 6.45) is 4.37.